The maximum atomic E-state index is 13.8. The number of aryl methyl sites for hydroxylation is 1. The van der Waals surface area contributed by atoms with Gasteiger partial charge in [-0.05, 0) is 61.3 Å². The molecule has 4 aromatic rings. The van der Waals surface area contributed by atoms with E-state index < -0.39 is 11.6 Å². The van der Waals surface area contributed by atoms with Gasteiger partial charge < -0.3 is 9.88 Å². The summed E-state index contributed by atoms with van der Waals surface area (Å²) < 4.78 is 29.3. The van der Waals surface area contributed by atoms with E-state index in [4.69, 9.17) is 0 Å². The maximum Gasteiger partial charge on any atom is 0.227 e. The van der Waals surface area contributed by atoms with Crippen molar-refractivity contribution in [1.82, 2.24) is 14.5 Å². The smallest absolute Gasteiger partial charge is 0.227 e. The third-order valence-corrected chi connectivity index (χ3v) is 7.85. The fraction of sp³-hybridized carbons (Fsp3) is 0.321. The maximum absolute atomic E-state index is 13.8. The number of amides is 1. The molecule has 2 aromatic carbocycles. The van der Waals surface area contributed by atoms with Crippen LogP contribution in [0.5, 0.6) is 0 Å². The van der Waals surface area contributed by atoms with Gasteiger partial charge in [-0.3, -0.25) is 9.78 Å². The third-order valence-electron chi connectivity index (χ3n) is 7.85. The van der Waals surface area contributed by atoms with Crippen molar-refractivity contribution in [2.45, 2.75) is 32.7 Å². The van der Waals surface area contributed by atoms with Crippen molar-refractivity contribution in [3.63, 3.8) is 0 Å². The molecular weight excluding hydrogens is 446 g/mol. The van der Waals surface area contributed by atoms with Crippen molar-refractivity contribution < 1.29 is 13.6 Å². The van der Waals surface area contributed by atoms with Crippen molar-refractivity contribution in [3.8, 4) is 11.3 Å². The number of fused-ring (bicyclic) bond motifs is 2. The predicted octanol–water partition coefficient (Wildman–Crippen LogP) is 6.16. The number of halogens is 2. The molecule has 2 fully saturated rings. The van der Waals surface area contributed by atoms with Crippen molar-refractivity contribution in [2.24, 2.45) is 23.7 Å². The average molecular weight is 473 g/mol. The number of rotatable bonds is 5. The van der Waals surface area contributed by atoms with Crippen LogP contribution in [0, 0.1) is 42.2 Å². The quantitative estimate of drug-likeness (QED) is 0.379. The molecular formula is C28H26F2N4O. The van der Waals surface area contributed by atoms with Gasteiger partial charge in [0.15, 0.2) is 11.6 Å². The van der Waals surface area contributed by atoms with Crippen molar-refractivity contribution in [2.75, 3.05) is 5.32 Å². The lowest BCUT2D eigenvalue weighted by Crippen LogP contribution is -2.24. The summed E-state index contributed by atoms with van der Waals surface area (Å²) >= 11 is 0. The molecule has 1 N–H and O–H groups in total. The van der Waals surface area contributed by atoms with Crippen LogP contribution < -0.4 is 5.32 Å². The van der Waals surface area contributed by atoms with Crippen LogP contribution in [0.15, 0.2) is 61.1 Å². The summed E-state index contributed by atoms with van der Waals surface area (Å²) in [7, 11) is 0. The number of pyridine rings is 1. The van der Waals surface area contributed by atoms with Crippen LogP contribution in [0.3, 0.4) is 0 Å². The molecule has 5 nitrogen and oxygen atoms in total. The van der Waals surface area contributed by atoms with Crippen LogP contribution in [0.25, 0.3) is 22.3 Å². The highest BCUT2D eigenvalue weighted by molar-refractivity contribution is 5.93. The van der Waals surface area contributed by atoms with Gasteiger partial charge in [-0.1, -0.05) is 25.1 Å². The van der Waals surface area contributed by atoms with Gasteiger partial charge in [0.1, 0.15) is 0 Å². The molecule has 6 rings (SSSR count). The molecule has 7 heteroatoms. The second-order valence-electron chi connectivity index (χ2n) is 10.0. The summed E-state index contributed by atoms with van der Waals surface area (Å²) in [5, 5.41) is 3.06. The van der Waals surface area contributed by atoms with E-state index >= 15 is 0 Å². The zero-order valence-corrected chi connectivity index (χ0v) is 19.6. The Labute approximate surface area is 202 Å². The molecule has 1 amide bonds. The summed E-state index contributed by atoms with van der Waals surface area (Å²) in [5.74, 6) is -0.487. The van der Waals surface area contributed by atoms with Crippen LogP contribution in [0.4, 0.5) is 14.5 Å². The number of hydrogen-bond acceptors (Lipinski definition) is 3. The molecule has 2 heterocycles. The van der Waals surface area contributed by atoms with Crippen LogP contribution >= 0.6 is 0 Å². The molecule has 1 unspecified atom stereocenters. The lowest BCUT2D eigenvalue weighted by atomic mass is 9.96. The predicted molar refractivity (Wildman–Crippen MR) is 131 cm³/mol. The average Bonchev–Trinajstić information content (AvgIpc) is 3.15. The number of anilines is 1. The highest BCUT2D eigenvalue weighted by Crippen LogP contribution is 2.64. The van der Waals surface area contributed by atoms with Gasteiger partial charge in [-0.2, -0.15) is 0 Å². The Hall–Kier alpha value is -3.61. The van der Waals surface area contributed by atoms with E-state index in [0.717, 1.165) is 41.4 Å². The minimum absolute atomic E-state index is 0.0350. The van der Waals surface area contributed by atoms with Crippen LogP contribution in [-0.4, -0.2) is 20.4 Å². The second-order valence-corrected chi connectivity index (χ2v) is 10.0. The summed E-state index contributed by atoms with van der Waals surface area (Å²) in [6, 6.07) is 14.4. The first-order valence-electron chi connectivity index (χ1n) is 12.0. The summed E-state index contributed by atoms with van der Waals surface area (Å²) in [6.07, 6.45) is 5.38. The Kier molecular flexibility index (Phi) is 5.16. The highest BCUT2D eigenvalue weighted by Gasteiger charge is 2.59. The topological polar surface area (TPSA) is 59.8 Å². The molecule has 2 aliphatic rings. The number of imidazole rings is 1. The van der Waals surface area contributed by atoms with Gasteiger partial charge >= 0.3 is 0 Å². The SMILES string of the molecule is Cc1ccc(-c2ccc(NC(=O)[C@@H](C)[C@@H]3[C@@H]4CC(n5cnc6cc(F)c(F)cc65)C[C@@H]43)cc2)nc1. The van der Waals surface area contributed by atoms with Crippen LogP contribution in [-0.2, 0) is 4.79 Å². The van der Waals surface area contributed by atoms with E-state index in [1.54, 1.807) is 6.33 Å². The first kappa shape index (κ1) is 21.9. The highest BCUT2D eigenvalue weighted by atomic mass is 19.2. The fourth-order valence-corrected chi connectivity index (χ4v) is 5.94. The van der Waals surface area contributed by atoms with Gasteiger partial charge in [-0.25, -0.2) is 13.8 Å². The molecule has 2 aromatic heterocycles. The zero-order chi connectivity index (χ0) is 24.3. The monoisotopic (exact) mass is 472 g/mol. The minimum atomic E-state index is -0.877. The number of carbonyl (C=O) groups excluding carboxylic acids is 1. The Morgan fingerprint density at radius 2 is 1.74 bits per heavy atom. The van der Waals surface area contributed by atoms with Gasteiger partial charge in [0, 0.05) is 41.5 Å². The number of benzene rings is 2. The van der Waals surface area contributed by atoms with E-state index in [2.05, 4.69) is 15.3 Å². The van der Waals surface area contributed by atoms with E-state index in [-0.39, 0.29) is 17.9 Å². The lowest BCUT2D eigenvalue weighted by molar-refractivity contribution is -0.120. The molecule has 0 radical (unpaired) electrons. The normalized spacial score (nSPS) is 23.8. The molecule has 0 bridgehead atoms. The van der Waals surface area contributed by atoms with E-state index in [1.165, 1.54) is 6.07 Å². The second kappa shape index (κ2) is 8.26. The van der Waals surface area contributed by atoms with Gasteiger partial charge in [-0.15, -0.1) is 0 Å². The Morgan fingerprint density at radius 1 is 1.03 bits per heavy atom. The molecule has 0 aliphatic heterocycles. The number of aromatic nitrogens is 3. The summed E-state index contributed by atoms with van der Waals surface area (Å²) in [5.41, 5.74) is 4.90. The zero-order valence-electron chi connectivity index (χ0n) is 19.6. The number of hydrogen-bond donors (Lipinski definition) is 1. The molecule has 35 heavy (non-hydrogen) atoms. The number of nitrogens with zero attached hydrogens (tertiary/aromatic N) is 3. The van der Waals surface area contributed by atoms with Gasteiger partial charge in [0.2, 0.25) is 5.91 Å². The lowest BCUT2D eigenvalue weighted by Gasteiger charge is -2.20. The van der Waals surface area contributed by atoms with Gasteiger partial charge in [0.25, 0.3) is 0 Å². The molecule has 2 saturated carbocycles. The first-order chi connectivity index (χ1) is 16.9. The molecule has 0 saturated heterocycles. The minimum Gasteiger partial charge on any atom is -0.327 e. The first-order valence-corrected chi connectivity index (χ1v) is 12.0. The molecule has 2 aliphatic carbocycles. The largest absolute Gasteiger partial charge is 0.327 e. The van der Waals surface area contributed by atoms with Crippen LogP contribution in [0.1, 0.15) is 31.4 Å². The Morgan fingerprint density at radius 3 is 2.43 bits per heavy atom. The molecule has 0 spiro atoms. The third kappa shape index (κ3) is 3.89. The van der Waals surface area contributed by atoms with Gasteiger partial charge in [0.05, 0.1) is 23.1 Å². The standard InChI is InChI=1S/C28H26F2N4O/c1-15-3-8-24(31-13-15)17-4-6-18(7-5-17)33-28(35)16(2)27-20-9-19(10-21(20)27)34-14-32-25-11-22(29)23(30)12-26(25)34/h3-8,11-14,16,19-21,27H,9-10H2,1-2H3,(H,33,35)/t16-,19?,20-,21+,27-/m0/s1. The summed E-state index contributed by atoms with van der Waals surface area (Å²) in [4.78, 5) is 21.7. The van der Waals surface area contributed by atoms with E-state index in [0.29, 0.717) is 28.8 Å². The van der Waals surface area contributed by atoms with Crippen molar-refractivity contribution in [1.29, 1.82) is 0 Å². The summed E-state index contributed by atoms with van der Waals surface area (Å²) in [6.45, 7) is 4.01. The molecule has 178 valence electrons. The van der Waals surface area contributed by atoms with Crippen LogP contribution in [0.2, 0.25) is 0 Å². The van der Waals surface area contributed by atoms with Crippen molar-refractivity contribution >= 4 is 22.6 Å². The molecule has 5 atom stereocenters. The van der Waals surface area contributed by atoms with E-state index in [9.17, 15) is 13.6 Å². The Bertz CT molecular complexity index is 1400. The number of carbonyl (C=O) groups is 1. The Balaban J connectivity index is 1.08. The fourth-order valence-electron chi connectivity index (χ4n) is 5.94. The number of nitrogens with one attached hydrogen (secondary N) is 1. The van der Waals surface area contributed by atoms with Crippen molar-refractivity contribution in [3.05, 3.63) is 78.3 Å². The van der Waals surface area contributed by atoms with E-state index in [1.807, 2.05) is 61.0 Å².